The fourth-order valence-electron chi connectivity index (χ4n) is 5.63. The summed E-state index contributed by atoms with van der Waals surface area (Å²) in [5.74, 6) is 0.351. The highest BCUT2D eigenvalue weighted by molar-refractivity contribution is 6.31. The van der Waals surface area contributed by atoms with Gasteiger partial charge in [0.2, 0.25) is 5.91 Å². The van der Waals surface area contributed by atoms with Gasteiger partial charge in [-0.2, -0.15) is 0 Å². The van der Waals surface area contributed by atoms with E-state index in [0.29, 0.717) is 17.4 Å². The summed E-state index contributed by atoms with van der Waals surface area (Å²) in [5, 5.41) is 13.4. The van der Waals surface area contributed by atoms with Gasteiger partial charge in [-0.15, -0.1) is 0 Å². The number of aliphatic hydroxyl groups is 1. The third kappa shape index (κ3) is 6.23. The van der Waals surface area contributed by atoms with Crippen LogP contribution in [-0.4, -0.2) is 76.6 Å². The number of hydrogen-bond acceptors (Lipinski definition) is 4. The Morgan fingerprint density at radius 2 is 1.79 bits per heavy atom. The van der Waals surface area contributed by atoms with Gasteiger partial charge < -0.3 is 20.2 Å². The first kappa shape index (κ1) is 25.3. The largest absolute Gasteiger partial charge is 0.393 e. The van der Waals surface area contributed by atoms with Crippen molar-refractivity contribution in [2.24, 2.45) is 5.92 Å². The summed E-state index contributed by atoms with van der Waals surface area (Å²) in [6, 6.07) is 4.16. The average molecular weight is 491 g/mol. The zero-order valence-corrected chi connectivity index (χ0v) is 21.3. The number of anilines is 1. The van der Waals surface area contributed by atoms with Gasteiger partial charge in [0, 0.05) is 62.4 Å². The summed E-state index contributed by atoms with van der Waals surface area (Å²) in [6.45, 7) is 9.04. The van der Waals surface area contributed by atoms with Crippen LogP contribution in [0.1, 0.15) is 63.0 Å². The Morgan fingerprint density at radius 3 is 2.47 bits per heavy atom. The van der Waals surface area contributed by atoms with Gasteiger partial charge in [-0.3, -0.25) is 9.69 Å². The highest BCUT2D eigenvalue weighted by Crippen LogP contribution is 2.30. The van der Waals surface area contributed by atoms with Gasteiger partial charge in [-0.05, 0) is 81.5 Å². The average Bonchev–Trinajstić information content (AvgIpc) is 3.33. The van der Waals surface area contributed by atoms with E-state index in [1.807, 2.05) is 28.9 Å². The first-order valence-corrected chi connectivity index (χ1v) is 13.2. The maximum absolute atomic E-state index is 12.8. The molecule has 0 bridgehead atoms. The fourth-order valence-corrected chi connectivity index (χ4v) is 5.87. The third-order valence-corrected chi connectivity index (χ3v) is 7.99. The van der Waals surface area contributed by atoms with Gasteiger partial charge in [0.05, 0.1) is 6.10 Å². The van der Waals surface area contributed by atoms with Crippen LogP contribution in [0.5, 0.6) is 0 Å². The second-order valence-corrected chi connectivity index (χ2v) is 10.9. The molecule has 1 aromatic rings. The molecule has 1 aliphatic carbocycles. The maximum Gasteiger partial charge on any atom is 0.320 e. The Balaban J connectivity index is 1.34. The van der Waals surface area contributed by atoms with E-state index in [9.17, 15) is 14.7 Å². The Hall–Kier alpha value is -1.83. The van der Waals surface area contributed by atoms with E-state index in [-0.39, 0.29) is 24.1 Å². The van der Waals surface area contributed by atoms with Crippen molar-refractivity contribution >= 4 is 29.2 Å². The van der Waals surface area contributed by atoms with Gasteiger partial charge >= 0.3 is 6.03 Å². The highest BCUT2D eigenvalue weighted by Gasteiger charge is 2.31. The van der Waals surface area contributed by atoms with Crippen LogP contribution in [0, 0.1) is 12.8 Å². The Labute approximate surface area is 208 Å². The van der Waals surface area contributed by atoms with Crippen molar-refractivity contribution in [3.8, 4) is 0 Å². The summed E-state index contributed by atoms with van der Waals surface area (Å²) >= 11 is 6.44. The number of likely N-dealkylation sites (tertiary alicyclic amines) is 1. The molecule has 4 rings (SSSR count). The molecule has 2 saturated heterocycles. The summed E-state index contributed by atoms with van der Waals surface area (Å²) in [5.41, 5.74) is 2.93. The van der Waals surface area contributed by atoms with Crippen molar-refractivity contribution in [1.82, 2.24) is 14.7 Å². The van der Waals surface area contributed by atoms with Gasteiger partial charge in [-0.1, -0.05) is 11.6 Å². The van der Waals surface area contributed by atoms with Crippen LogP contribution in [0.25, 0.3) is 0 Å². The summed E-state index contributed by atoms with van der Waals surface area (Å²) in [7, 11) is 0. The molecule has 3 fully saturated rings. The maximum atomic E-state index is 12.8. The number of benzene rings is 1. The van der Waals surface area contributed by atoms with E-state index in [1.54, 1.807) is 0 Å². The summed E-state index contributed by atoms with van der Waals surface area (Å²) in [4.78, 5) is 31.9. The number of urea groups is 1. The molecule has 0 aromatic heterocycles. The SMILES string of the molecule is Cc1c(CN2CCN(C(=O)N3CCCC3)[C@@H](C)C2)cc(Cl)cc1NC(=O)CC1CCC(O)CC1. The highest BCUT2D eigenvalue weighted by atomic mass is 35.5. The van der Waals surface area contributed by atoms with Crippen molar-refractivity contribution < 1.29 is 14.7 Å². The Bertz CT molecular complexity index is 881. The molecule has 2 aliphatic heterocycles. The van der Waals surface area contributed by atoms with Gasteiger partial charge in [0.15, 0.2) is 0 Å². The number of piperazine rings is 1. The van der Waals surface area contributed by atoms with Crippen LogP contribution in [0.4, 0.5) is 10.5 Å². The second-order valence-electron chi connectivity index (χ2n) is 10.4. The molecular formula is C26H39ClN4O3. The van der Waals surface area contributed by atoms with E-state index in [2.05, 4.69) is 17.1 Å². The minimum Gasteiger partial charge on any atom is -0.393 e. The monoisotopic (exact) mass is 490 g/mol. The minimum atomic E-state index is -0.208. The van der Waals surface area contributed by atoms with Crippen molar-refractivity contribution in [3.63, 3.8) is 0 Å². The predicted molar refractivity (Wildman–Crippen MR) is 135 cm³/mol. The first-order valence-electron chi connectivity index (χ1n) is 12.8. The topological polar surface area (TPSA) is 76.1 Å². The van der Waals surface area contributed by atoms with Gasteiger partial charge in [0.1, 0.15) is 0 Å². The molecule has 8 heteroatoms. The molecule has 1 atom stereocenters. The number of carbonyl (C=O) groups is 2. The lowest BCUT2D eigenvalue weighted by Gasteiger charge is -2.41. The molecule has 0 spiro atoms. The van der Waals surface area contributed by atoms with Crippen molar-refractivity contribution in [1.29, 1.82) is 0 Å². The van der Waals surface area contributed by atoms with E-state index < -0.39 is 0 Å². The van der Waals surface area contributed by atoms with E-state index in [4.69, 9.17) is 11.6 Å². The Kier molecular flexibility index (Phi) is 8.38. The van der Waals surface area contributed by atoms with E-state index in [0.717, 1.165) is 94.6 Å². The molecule has 34 heavy (non-hydrogen) atoms. The molecule has 3 amide bonds. The van der Waals surface area contributed by atoms with E-state index in [1.165, 1.54) is 0 Å². The molecular weight excluding hydrogens is 452 g/mol. The second kappa shape index (κ2) is 11.3. The third-order valence-electron chi connectivity index (χ3n) is 7.77. The number of nitrogens with zero attached hydrogens (tertiary/aromatic N) is 3. The van der Waals surface area contributed by atoms with Crippen molar-refractivity contribution in [2.75, 3.05) is 38.0 Å². The van der Waals surface area contributed by atoms with Crippen LogP contribution < -0.4 is 5.32 Å². The van der Waals surface area contributed by atoms with E-state index >= 15 is 0 Å². The molecule has 3 aliphatic rings. The van der Waals surface area contributed by atoms with Gasteiger partial charge in [-0.25, -0.2) is 4.79 Å². The number of rotatable bonds is 5. The van der Waals surface area contributed by atoms with Crippen LogP contribution in [0.2, 0.25) is 5.02 Å². The molecule has 2 heterocycles. The molecule has 188 valence electrons. The van der Waals surface area contributed by atoms with Crippen LogP contribution in [-0.2, 0) is 11.3 Å². The lowest BCUT2D eigenvalue weighted by atomic mass is 9.85. The van der Waals surface area contributed by atoms with Crippen molar-refractivity contribution in [2.45, 2.75) is 77.5 Å². The molecule has 2 N–H and O–H groups in total. The Morgan fingerprint density at radius 1 is 1.09 bits per heavy atom. The standard InChI is InChI=1S/C26H39ClN4O3/c1-18-16-29(11-12-31(18)26(34)30-9-3-4-10-30)17-21-14-22(27)15-24(19(21)2)28-25(33)13-20-5-7-23(32)8-6-20/h14-15,18,20,23,32H,3-13,16-17H2,1-2H3,(H,28,33)/t18-,20?,23?/m0/s1. The quantitative estimate of drug-likeness (QED) is 0.647. The smallest absolute Gasteiger partial charge is 0.320 e. The predicted octanol–water partition coefficient (Wildman–Crippen LogP) is 4.25. The number of amides is 3. The normalized spacial score (nSPS) is 26.1. The summed E-state index contributed by atoms with van der Waals surface area (Å²) in [6.07, 6.45) is 5.87. The molecule has 0 radical (unpaired) electrons. The first-order chi connectivity index (χ1) is 16.3. The van der Waals surface area contributed by atoms with Crippen LogP contribution in [0.15, 0.2) is 12.1 Å². The minimum absolute atomic E-state index is 0.0142. The zero-order chi connectivity index (χ0) is 24.2. The van der Waals surface area contributed by atoms with Crippen LogP contribution >= 0.6 is 11.6 Å². The number of hydrogen-bond donors (Lipinski definition) is 2. The van der Waals surface area contributed by atoms with Crippen molar-refractivity contribution in [3.05, 3.63) is 28.3 Å². The fraction of sp³-hybridized carbons (Fsp3) is 0.692. The summed E-state index contributed by atoms with van der Waals surface area (Å²) < 4.78 is 0. The number of carbonyl (C=O) groups excluding carboxylic acids is 2. The molecule has 0 unspecified atom stereocenters. The number of halogens is 1. The lowest BCUT2D eigenvalue weighted by Crippen LogP contribution is -2.56. The lowest BCUT2D eigenvalue weighted by molar-refractivity contribution is -0.117. The molecule has 1 aromatic carbocycles. The number of aliphatic hydroxyl groups excluding tert-OH is 1. The molecule has 7 nitrogen and oxygen atoms in total. The number of nitrogens with one attached hydrogen (secondary N) is 1. The zero-order valence-electron chi connectivity index (χ0n) is 20.6. The van der Waals surface area contributed by atoms with Gasteiger partial charge in [0.25, 0.3) is 0 Å². The molecule has 1 saturated carbocycles. The van der Waals surface area contributed by atoms with Crippen LogP contribution in [0.3, 0.4) is 0 Å².